The quantitative estimate of drug-likeness (QED) is 0.847. The van der Waals surface area contributed by atoms with Crippen LogP contribution in [0.1, 0.15) is 17.5 Å². The molecule has 0 aliphatic carbocycles. The lowest BCUT2D eigenvalue weighted by molar-refractivity contribution is -0.120. The minimum atomic E-state index is -0.382. The van der Waals surface area contributed by atoms with Crippen LogP contribution in [0.2, 0.25) is 5.02 Å². The molecule has 0 fully saturated rings. The first-order valence-corrected chi connectivity index (χ1v) is 7.72. The van der Waals surface area contributed by atoms with Crippen LogP contribution in [-0.4, -0.2) is 11.8 Å². The first kappa shape index (κ1) is 17.5. The first-order chi connectivity index (χ1) is 11.6. The molecule has 2 rings (SSSR count). The zero-order chi connectivity index (χ0) is 17.4. The Bertz CT molecular complexity index is 784. The molecule has 0 heterocycles. The van der Waals surface area contributed by atoms with E-state index in [0.29, 0.717) is 10.7 Å². The predicted molar refractivity (Wildman–Crippen MR) is 92.3 cm³/mol. The van der Waals surface area contributed by atoms with Crippen LogP contribution in [0.5, 0.6) is 0 Å². The van der Waals surface area contributed by atoms with Gasteiger partial charge in [-0.3, -0.25) is 9.59 Å². The van der Waals surface area contributed by atoms with Gasteiger partial charge in [-0.2, -0.15) is 5.26 Å². The van der Waals surface area contributed by atoms with E-state index in [4.69, 9.17) is 16.9 Å². The Balaban J connectivity index is 1.97. The molecular weight excluding hydrogens is 326 g/mol. The third-order valence-corrected chi connectivity index (χ3v) is 3.68. The molecule has 5 nitrogen and oxygen atoms in total. The number of nitriles is 1. The Morgan fingerprint density at radius 2 is 1.67 bits per heavy atom. The molecule has 6 heteroatoms. The normalized spacial score (nSPS) is 9.83. The number of carbonyl (C=O) groups is 2. The van der Waals surface area contributed by atoms with Crippen LogP contribution in [0.4, 0.5) is 5.69 Å². The van der Waals surface area contributed by atoms with Gasteiger partial charge in [0.1, 0.15) is 6.42 Å². The van der Waals surface area contributed by atoms with Gasteiger partial charge < -0.3 is 10.6 Å². The molecule has 2 amide bonds. The minimum absolute atomic E-state index is 0.166. The molecule has 0 bridgehead atoms. The molecule has 0 aromatic heterocycles. The van der Waals surface area contributed by atoms with Gasteiger partial charge in [0, 0.05) is 17.3 Å². The van der Waals surface area contributed by atoms with Gasteiger partial charge in [0.05, 0.1) is 12.5 Å². The summed E-state index contributed by atoms with van der Waals surface area (Å²) in [5.41, 5.74) is 2.10. The van der Waals surface area contributed by atoms with Crippen molar-refractivity contribution in [3.8, 4) is 6.07 Å². The van der Waals surface area contributed by atoms with Crippen LogP contribution < -0.4 is 10.6 Å². The number of para-hydroxylation sites is 1. The highest BCUT2D eigenvalue weighted by Crippen LogP contribution is 2.17. The van der Waals surface area contributed by atoms with Crippen molar-refractivity contribution in [2.45, 2.75) is 19.4 Å². The second-order valence-corrected chi connectivity index (χ2v) is 5.49. The summed E-state index contributed by atoms with van der Waals surface area (Å²) in [6.45, 7) is 0.270. The molecule has 0 unspecified atom stereocenters. The van der Waals surface area contributed by atoms with Crippen LogP contribution in [0.25, 0.3) is 0 Å². The summed E-state index contributed by atoms with van der Waals surface area (Å²) in [6, 6.07) is 16.1. The topological polar surface area (TPSA) is 82.0 Å². The van der Waals surface area contributed by atoms with Gasteiger partial charge in [-0.15, -0.1) is 0 Å². The number of hydrogen-bond acceptors (Lipinski definition) is 3. The van der Waals surface area contributed by atoms with Crippen molar-refractivity contribution in [2.24, 2.45) is 0 Å². The van der Waals surface area contributed by atoms with Gasteiger partial charge >= 0.3 is 0 Å². The molecule has 122 valence electrons. The summed E-state index contributed by atoms with van der Waals surface area (Å²) in [6.07, 6.45) is -0.0319. The summed E-state index contributed by atoms with van der Waals surface area (Å²) in [7, 11) is 0. The molecule has 0 spiro atoms. The lowest BCUT2D eigenvalue weighted by Gasteiger charge is -2.11. The smallest absolute Gasteiger partial charge is 0.238 e. The van der Waals surface area contributed by atoms with Crippen molar-refractivity contribution in [1.29, 1.82) is 5.26 Å². The fourth-order valence-electron chi connectivity index (χ4n) is 2.13. The average Bonchev–Trinajstić information content (AvgIpc) is 2.56. The van der Waals surface area contributed by atoms with E-state index < -0.39 is 0 Å². The minimum Gasteiger partial charge on any atom is -0.352 e. The first-order valence-electron chi connectivity index (χ1n) is 7.35. The van der Waals surface area contributed by atoms with Crippen LogP contribution >= 0.6 is 11.6 Å². The van der Waals surface area contributed by atoms with E-state index in [1.54, 1.807) is 36.4 Å². The highest BCUT2D eigenvalue weighted by Gasteiger charge is 2.09. The van der Waals surface area contributed by atoms with E-state index in [1.165, 1.54) is 0 Å². The standard InChI is InChI=1S/C18H16ClN3O2/c19-15-7-3-1-5-13(15)11-18(24)21-12-14-6-2-4-8-16(14)22-17(23)9-10-20/h1-8H,9,11-12H2,(H,21,24)(H,22,23). The molecule has 2 N–H and O–H groups in total. The Morgan fingerprint density at radius 3 is 2.38 bits per heavy atom. The van der Waals surface area contributed by atoms with Crippen molar-refractivity contribution >= 4 is 29.1 Å². The molecule has 0 radical (unpaired) electrons. The number of carbonyl (C=O) groups excluding carboxylic acids is 2. The Morgan fingerprint density at radius 1 is 1.00 bits per heavy atom. The third kappa shape index (κ3) is 5.11. The largest absolute Gasteiger partial charge is 0.352 e. The SMILES string of the molecule is N#CCC(=O)Nc1ccccc1CNC(=O)Cc1ccccc1Cl. The zero-order valence-electron chi connectivity index (χ0n) is 12.9. The van der Waals surface area contributed by atoms with Gasteiger partial charge in [-0.05, 0) is 23.3 Å². The highest BCUT2D eigenvalue weighted by molar-refractivity contribution is 6.31. The lowest BCUT2D eigenvalue weighted by Crippen LogP contribution is -2.25. The molecule has 0 aliphatic heterocycles. The van der Waals surface area contributed by atoms with E-state index in [1.807, 2.05) is 18.2 Å². The second-order valence-electron chi connectivity index (χ2n) is 5.09. The van der Waals surface area contributed by atoms with E-state index >= 15 is 0 Å². The molecule has 0 saturated heterocycles. The number of nitrogens with zero attached hydrogens (tertiary/aromatic N) is 1. The van der Waals surface area contributed by atoms with E-state index in [-0.39, 0.29) is 31.2 Å². The van der Waals surface area contributed by atoms with Gasteiger partial charge in [-0.25, -0.2) is 0 Å². The monoisotopic (exact) mass is 341 g/mol. The van der Waals surface area contributed by atoms with Gasteiger partial charge in [0.15, 0.2) is 0 Å². The lowest BCUT2D eigenvalue weighted by atomic mass is 10.1. The molecule has 2 aromatic rings. The van der Waals surface area contributed by atoms with Crippen LogP contribution in [0.15, 0.2) is 48.5 Å². The summed E-state index contributed by atoms with van der Waals surface area (Å²) in [4.78, 5) is 23.6. The van der Waals surface area contributed by atoms with Crippen LogP contribution in [-0.2, 0) is 22.6 Å². The predicted octanol–water partition coefficient (Wildman–Crippen LogP) is 3.05. The van der Waals surface area contributed by atoms with Gasteiger partial charge in [-0.1, -0.05) is 48.0 Å². The van der Waals surface area contributed by atoms with Gasteiger partial charge in [0.2, 0.25) is 11.8 Å². The number of anilines is 1. The number of nitrogens with one attached hydrogen (secondary N) is 2. The number of benzene rings is 2. The molecule has 24 heavy (non-hydrogen) atoms. The van der Waals surface area contributed by atoms with Crippen LogP contribution in [0.3, 0.4) is 0 Å². The van der Waals surface area contributed by atoms with Gasteiger partial charge in [0.25, 0.3) is 0 Å². The number of amides is 2. The maximum Gasteiger partial charge on any atom is 0.238 e. The van der Waals surface area contributed by atoms with Crippen molar-refractivity contribution in [3.05, 3.63) is 64.7 Å². The number of halogens is 1. The third-order valence-electron chi connectivity index (χ3n) is 3.32. The van der Waals surface area contributed by atoms with Crippen molar-refractivity contribution < 1.29 is 9.59 Å². The molecule has 0 atom stereocenters. The summed E-state index contributed by atoms with van der Waals surface area (Å²) in [5, 5.41) is 14.6. The maximum absolute atomic E-state index is 12.1. The van der Waals surface area contributed by atoms with E-state index in [9.17, 15) is 9.59 Å². The maximum atomic E-state index is 12.1. The molecular formula is C18H16ClN3O2. The molecule has 0 saturated carbocycles. The van der Waals surface area contributed by atoms with Crippen molar-refractivity contribution in [3.63, 3.8) is 0 Å². The number of rotatable bonds is 6. The summed E-state index contributed by atoms with van der Waals surface area (Å²) < 4.78 is 0. The average molecular weight is 342 g/mol. The van der Waals surface area contributed by atoms with E-state index in [2.05, 4.69) is 10.6 Å². The van der Waals surface area contributed by atoms with Crippen molar-refractivity contribution in [1.82, 2.24) is 5.32 Å². The molecule has 0 aliphatic rings. The Hall–Kier alpha value is -2.84. The van der Waals surface area contributed by atoms with Crippen LogP contribution in [0, 0.1) is 11.3 Å². The molecule has 2 aromatic carbocycles. The zero-order valence-corrected chi connectivity index (χ0v) is 13.6. The fraction of sp³-hybridized carbons (Fsp3) is 0.167. The number of hydrogen-bond donors (Lipinski definition) is 2. The summed E-state index contributed by atoms with van der Waals surface area (Å²) >= 11 is 6.04. The summed E-state index contributed by atoms with van der Waals surface area (Å²) in [5.74, 6) is -0.548. The Labute approximate surface area is 145 Å². The fourth-order valence-corrected chi connectivity index (χ4v) is 2.34. The Kier molecular flexibility index (Phi) is 6.35. The van der Waals surface area contributed by atoms with E-state index in [0.717, 1.165) is 11.1 Å². The highest BCUT2D eigenvalue weighted by atomic mass is 35.5. The second kappa shape index (κ2) is 8.70. The van der Waals surface area contributed by atoms with Crippen molar-refractivity contribution in [2.75, 3.05) is 5.32 Å².